The highest BCUT2D eigenvalue weighted by molar-refractivity contribution is 7.81. The molecule has 2 heterocycles. The largest absolute Gasteiger partial charge is 0.397 e. The summed E-state index contributed by atoms with van der Waals surface area (Å²) in [5.74, 6) is -1.15. The van der Waals surface area contributed by atoms with Crippen LogP contribution >= 0.6 is 0 Å². The molecule has 2 fully saturated rings. The van der Waals surface area contributed by atoms with Gasteiger partial charge in [-0.05, 0) is 0 Å². The zero-order chi connectivity index (χ0) is 25.8. The van der Waals surface area contributed by atoms with Gasteiger partial charge in [0.15, 0.2) is 18.7 Å². The lowest BCUT2D eigenvalue weighted by Crippen LogP contribution is -2.64. The van der Waals surface area contributed by atoms with Crippen molar-refractivity contribution >= 4 is 20.8 Å². The number of methoxy groups -OCH3 is 1. The van der Waals surface area contributed by atoms with E-state index in [4.69, 9.17) is 33.3 Å². The van der Waals surface area contributed by atoms with Crippen molar-refractivity contribution in [2.45, 2.75) is 62.2 Å². The Morgan fingerprint density at radius 1 is 0.853 bits per heavy atom. The SMILES string of the molecule is CO[C@@H]1OC(COOO)[C@H](O[C@@H]2OC(CO)[C@H](OS(=O)(=O)O)[C@H](C)C2O)[C@H](O)C1OS(=O)(=O)O. The number of hydrogen-bond acceptors (Lipinski definition) is 16. The van der Waals surface area contributed by atoms with Crippen LogP contribution < -0.4 is 0 Å². The fourth-order valence-electron chi connectivity index (χ4n) is 3.54. The Bertz CT molecular complexity index is 847. The van der Waals surface area contributed by atoms with E-state index in [1.807, 2.05) is 0 Å². The van der Waals surface area contributed by atoms with Crippen molar-refractivity contribution in [2.75, 3.05) is 20.3 Å². The minimum absolute atomic E-state index is 0.660. The Kier molecular flexibility index (Phi) is 10.5. The van der Waals surface area contributed by atoms with Gasteiger partial charge in [-0.15, -0.1) is 0 Å². The van der Waals surface area contributed by atoms with E-state index in [1.54, 1.807) is 0 Å². The molecule has 0 bridgehead atoms. The van der Waals surface area contributed by atoms with Gasteiger partial charge in [-0.2, -0.15) is 16.8 Å². The van der Waals surface area contributed by atoms with E-state index < -0.39 is 95.2 Å². The summed E-state index contributed by atoms with van der Waals surface area (Å²) in [6.07, 6.45) is -15.0. The van der Waals surface area contributed by atoms with E-state index in [0.717, 1.165) is 7.11 Å². The third kappa shape index (κ3) is 7.67. The second kappa shape index (κ2) is 12.1. The molecule has 2 saturated heterocycles. The molecule has 202 valence electrons. The molecule has 2 aliphatic heterocycles. The van der Waals surface area contributed by atoms with E-state index in [1.165, 1.54) is 6.92 Å². The van der Waals surface area contributed by atoms with Crippen LogP contribution in [0.4, 0.5) is 0 Å². The minimum atomic E-state index is -5.13. The molecule has 20 heteroatoms. The molecule has 0 aromatic carbocycles. The lowest BCUT2D eigenvalue weighted by molar-refractivity contribution is -0.499. The molecular weight excluding hydrogens is 520 g/mol. The van der Waals surface area contributed by atoms with E-state index in [0.29, 0.717) is 0 Å². The number of aliphatic hydroxyl groups is 3. The van der Waals surface area contributed by atoms with Crippen molar-refractivity contribution in [2.24, 2.45) is 5.92 Å². The van der Waals surface area contributed by atoms with Gasteiger partial charge in [0.2, 0.25) is 0 Å². The lowest BCUT2D eigenvalue weighted by atomic mass is 9.90. The lowest BCUT2D eigenvalue weighted by Gasteiger charge is -2.47. The maximum absolute atomic E-state index is 11.2. The molecule has 0 saturated carbocycles. The normalized spacial score (nSPS) is 39.8. The maximum Gasteiger partial charge on any atom is 0.397 e. The smallest absolute Gasteiger partial charge is 0.394 e. The van der Waals surface area contributed by atoms with Gasteiger partial charge < -0.3 is 34.3 Å². The van der Waals surface area contributed by atoms with Crippen LogP contribution in [0.2, 0.25) is 0 Å². The highest BCUT2D eigenvalue weighted by atomic mass is 32.3. The van der Waals surface area contributed by atoms with Gasteiger partial charge in [0, 0.05) is 13.0 Å². The average Bonchev–Trinajstić information content (AvgIpc) is 2.73. The summed E-state index contributed by atoms with van der Waals surface area (Å²) < 4.78 is 92.5. The summed E-state index contributed by atoms with van der Waals surface area (Å²) in [6.45, 7) is -0.236. The average molecular weight is 546 g/mol. The monoisotopic (exact) mass is 546 g/mol. The highest BCUT2D eigenvalue weighted by Crippen LogP contribution is 2.34. The molecule has 34 heavy (non-hydrogen) atoms. The highest BCUT2D eigenvalue weighted by Gasteiger charge is 2.53. The number of hydrogen-bond donors (Lipinski definition) is 6. The molecule has 6 N–H and O–H groups in total. The third-order valence-corrected chi connectivity index (χ3v) is 6.01. The Labute approximate surface area is 193 Å². The Morgan fingerprint density at radius 2 is 1.41 bits per heavy atom. The molecule has 0 spiro atoms. The van der Waals surface area contributed by atoms with E-state index in [-0.39, 0.29) is 0 Å². The molecule has 0 aliphatic carbocycles. The molecule has 10 atom stereocenters. The van der Waals surface area contributed by atoms with Gasteiger partial charge in [0.1, 0.15) is 43.2 Å². The summed E-state index contributed by atoms with van der Waals surface area (Å²) in [7, 11) is -9.08. The first kappa shape index (κ1) is 29.6. The Hall–Kier alpha value is -0.660. The second-order valence-corrected chi connectivity index (χ2v) is 9.38. The molecule has 2 aliphatic rings. The molecule has 4 unspecified atom stereocenters. The third-order valence-electron chi connectivity index (χ3n) is 5.08. The van der Waals surface area contributed by atoms with Gasteiger partial charge in [0.25, 0.3) is 0 Å². The Balaban J connectivity index is 2.30. The summed E-state index contributed by atoms with van der Waals surface area (Å²) in [4.78, 5) is 4.35. The van der Waals surface area contributed by atoms with Gasteiger partial charge in [-0.25, -0.2) is 18.5 Å². The topological polar surface area (TPSA) is 263 Å². The number of rotatable bonds is 11. The van der Waals surface area contributed by atoms with Crippen LogP contribution in [-0.2, 0) is 58.0 Å². The van der Waals surface area contributed by atoms with E-state index in [2.05, 4.69) is 18.3 Å². The van der Waals surface area contributed by atoms with E-state index >= 15 is 0 Å². The van der Waals surface area contributed by atoms with Crippen molar-refractivity contribution in [3.8, 4) is 0 Å². The molecule has 0 aromatic rings. The van der Waals surface area contributed by atoms with Crippen molar-refractivity contribution < 1.29 is 83.8 Å². The summed E-state index contributed by atoms with van der Waals surface area (Å²) >= 11 is 0. The first-order chi connectivity index (χ1) is 15.7. The summed E-state index contributed by atoms with van der Waals surface area (Å²) in [5.41, 5.74) is 0. The summed E-state index contributed by atoms with van der Waals surface area (Å²) in [5, 5.41) is 42.7. The minimum Gasteiger partial charge on any atom is -0.394 e. The van der Waals surface area contributed by atoms with Gasteiger partial charge in [-0.1, -0.05) is 12.0 Å². The van der Waals surface area contributed by atoms with Crippen molar-refractivity contribution in [3.63, 3.8) is 0 Å². The quantitative estimate of drug-likeness (QED) is 0.0838. The van der Waals surface area contributed by atoms with Gasteiger partial charge in [-0.3, -0.25) is 9.11 Å². The van der Waals surface area contributed by atoms with E-state index in [9.17, 15) is 32.2 Å². The Morgan fingerprint density at radius 3 is 1.91 bits per heavy atom. The predicted molar refractivity (Wildman–Crippen MR) is 100.0 cm³/mol. The van der Waals surface area contributed by atoms with Gasteiger partial charge in [0.05, 0.1) is 6.61 Å². The zero-order valence-corrected chi connectivity index (χ0v) is 19.2. The second-order valence-electron chi connectivity index (χ2n) is 7.28. The number of aliphatic hydroxyl groups excluding tert-OH is 3. The molecule has 0 radical (unpaired) electrons. The fourth-order valence-corrected chi connectivity index (χ4v) is 4.61. The van der Waals surface area contributed by atoms with Crippen LogP contribution in [0.1, 0.15) is 6.92 Å². The fraction of sp³-hybridized carbons (Fsp3) is 1.00. The summed E-state index contributed by atoms with van der Waals surface area (Å²) in [6, 6.07) is 0. The van der Waals surface area contributed by atoms with Gasteiger partial charge >= 0.3 is 20.8 Å². The van der Waals surface area contributed by atoms with Crippen LogP contribution in [-0.4, -0.2) is 122 Å². The number of ether oxygens (including phenoxy) is 4. The van der Waals surface area contributed by atoms with Crippen LogP contribution in [0, 0.1) is 5.92 Å². The molecule has 0 aromatic heterocycles. The first-order valence-corrected chi connectivity index (χ1v) is 12.2. The molecule has 0 amide bonds. The molecule has 2 rings (SSSR count). The first-order valence-electron chi connectivity index (χ1n) is 9.43. The maximum atomic E-state index is 11.2. The van der Waals surface area contributed by atoms with Crippen LogP contribution in [0.3, 0.4) is 0 Å². The van der Waals surface area contributed by atoms with Crippen molar-refractivity contribution in [1.29, 1.82) is 0 Å². The zero-order valence-electron chi connectivity index (χ0n) is 17.6. The predicted octanol–water partition coefficient (Wildman–Crippen LogP) is -3.38. The van der Waals surface area contributed by atoms with Crippen LogP contribution in [0.15, 0.2) is 0 Å². The standard InChI is InChI=1S/C14H26O18S2/c1-5-8(16)13(27-6(3-15)10(5)30-33(19,20)21)29-11-7(4-26-32-18)28-14(25-2)12(9(11)17)31-34(22,23)24/h5-18H,3-4H2,1-2H3,(H,19,20,21)(H,22,23,24)/t5-,6?,7?,8?,9+,10-,11+,12?,13+,14-/m1/s1. The molecular formula is C14H26O18S2. The van der Waals surface area contributed by atoms with Crippen LogP contribution in [0.25, 0.3) is 0 Å². The van der Waals surface area contributed by atoms with Crippen LogP contribution in [0.5, 0.6) is 0 Å². The van der Waals surface area contributed by atoms with Crippen molar-refractivity contribution in [3.05, 3.63) is 0 Å². The van der Waals surface area contributed by atoms with Crippen molar-refractivity contribution in [1.82, 2.24) is 0 Å². The molecule has 18 nitrogen and oxygen atoms in total.